The lowest BCUT2D eigenvalue weighted by Crippen LogP contribution is -1.98. The summed E-state index contributed by atoms with van der Waals surface area (Å²) in [5.74, 6) is 1.24. The lowest BCUT2D eigenvalue weighted by molar-refractivity contribution is 0.330. The van der Waals surface area contributed by atoms with Crippen molar-refractivity contribution in [2.45, 2.75) is 27.2 Å². The van der Waals surface area contributed by atoms with E-state index in [-0.39, 0.29) is 0 Å². The molecule has 0 aliphatic rings. The molecule has 86 valence electrons. The molecule has 0 atom stereocenters. The van der Waals surface area contributed by atoms with Crippen LogP contribution in [0.1, 0.15) is 25.4 Å². The van der Waals surface area contributed by atoms with Gasteiger partial charge in [-0.05, 0) is 20.3 Å². The fourth-order valence-electron chi connectivity index (χ4n) is 1.67. The average molecular weight is 240 g/mol. The Hall–Kier alpha value is -1.29. The number of hydrogen-bond donors (Lipinski definition) is 1. The van der Waals surface area contributed by atoms with E-state index in [1.165, 1.54) is 0 Å². The average Bonchev–Trinajstić information content (AvgIpc) is 2.55. The predicted molar refractivity (Wildman–Crippen MR) is 64.2 cm³/mol. The third-order valence-electron chi connectivity index (χ3n) is 2.38. The standard InChI is InChI=1S/C11H14ClN3O/c1-4-7-9(12)8-10(15-7)13-6(3)14-11(8)16-5-2/h4-5H2,1-3H3,(H,13,14,15). The van der Waals surface area contributed by atoms with Crippen LogP contribution in [0.5, 0.6) is 5.88 Å². The highest BCUT2D eigenvalue weighted by atomic mass is 35.5. The number of nitrogens with one attached hydrogen (secondary N) is 1. The van der Waals surface area contributed by atoms with Crippen molar-refractivity contribution in [2.24, 2.45) is 0 Å². The number of halogens is 1. The Labute approximate surface area is 99.0 Å². The van der Waals surface area contributed by atoms with Crippen molar-refractivity contribution < 1.29 is 4.74 Å². The third-order valence-corrected chi connectivity index (χ3v) is 2.79. The Morgan fingerprint density at radius 2 is 2.06 bits per heavy atom. The van der Waals surface area contributed by atoms with Crippen LogP contribution in [0.4, 0.5) is 0 Å². The number of aromatic amines is 1. The predicted octanol–water partition coefficient (Wildman–Crippen LogP) is 2.88. The molecule has 0 saturated heterocycles. The quantitative estimate of drug-likeness (QED) is 0.896. The van der Waals surface area contributed by atoms with E-state index in [1.54, 1.807) is 0 Å². The van der Waals surface area contributed by atoms with Gasteiger partial charge in [0.2, 0.25) is 5.88 Å². The van der Waals surface area contributed by atoms with Crippen LogP contribution in [0.25, 0.3) is 11.0 Å². The number of rotatable bonds is 3. The Morgan fingerprint density at radius 1 is 1.31 bits per heavy atom. The van der Waals surface area contributed by atoms with Crippen LogP contribution in [-0.2, 0) is 6.42 Å². The maximum Gasteiger partial charge on any atom is 0.227 e. The molecule has 5 heteroatoms. The normalized spacial score (nSPS) is 11.0. The molecule has 0 spiro atoms. The van der Waals surface area contributed by atoms with Gasteiger partial charge in [0.1, 0.15) is 11.5 Å². The zero-order chi connectivity index (χ0) is 11.7. The van der Waals surface area contributed by atoms with Gasteiger partial charge in [-0.15, -0.1) is 0 Å². The molecule has 0 radical (unpaired) electrons. The SMILES string of the molecule is CCOc1nc(C)nc2[nH]c(CC)c(Cl)c12. The van der Waals surface area contributed by atoms with Crippen LogP contribution >= 0.6 is 11.6 Å². The van der Waals surface area contributed by atoms with Crippen LogP contribution in [-0.4, -0.2) is 21.6 Å². The molecule has 1 N–H and O–H groups in total. The van der Waals surface area contributed by atoms with Gasteiger partial charge in [-0.1, -0.05) is 18.5 Å². The van der Waals surface area contributed by atoms with Crippen LogP contribution in [0.3, 0.4) is 0 Å². The zero-order valence-electron chi connectivity index (χ0n) is 9.59. The van der Waals surface area contributed by atoms with Crippen molar-refractivity contribution in [3.63, 3.8) is 0 Å². The third kappa shape index (κ3) is 1.73. The minimum Gasteiger partial charge on any atom is -0.477 e. The topological polar surface area (TPSA) is 50.8 Å². The summed E-state index contributed by atoms with van der Waals surface area (Å²) < 4.78 is 5.48. The largest absolute Gasteiger partial charge is 0.477 e. The van der Waals surface area contributed by atoms with Gasteiger partial charge < -0.3 is 9.72 Å². The summed E-state index contributed by atoms with van der Waals surface area (Å²) in [7, 11) is 0. The summed E-state index contributed by atoms with van der Waals surface area (Å²) in [6.07, 6.45) is 0.833. The molecule has 0 aliphatic carbocycles. The summed E-state index contributed by atoms with van der Waals surface area (Å²) in [6, 6.07) is 0. The Balaban J connectivity index is 2.72. The molecule has 0 amide bonds. The molecule has 0 aliphatic heterocycles. The molecular weight excluding hydrogens is 226 g/mol. The number of hydrogen-bond acceptors (Lipinski definition) is 3. The maximum atomic E-state index is 6.26. The number of H-pyrrole nitrogens is 1. The van der Waals surface area contributed by atoms with Gasteiger partial charge in [0.25, 0.3) is 0 Å². The number of fused-ring (bicyclic) bond motifs is 1. The lowest BCUT2D eigenvalue weighted by Gasteiger charge is -2.04. The van der Waals surface area contributed by atoms with Crippen LogP contribution in [0, 0.1) is 6.92 Å². The molecule has 4 nitrogen and oxygen atoms in total. The zero-order valence-corrected chi connectivity index (χ0v) is 10.4. The Kier molecular flexibility index (Phi) is 3.01. The van der Waals surface area contributed by atoms with Crippen molar-refractivity contribution in [3.8, 4) is 5.88 Å². The van der Waals surface area contributed by atoms with Gasteiger partial charge in [-0.3, -0.25) is 0 Å². The first-order valence-corrected chi connectivity index (χ1v) is 5.72. The van der Waals surface area contributed by atoms with E-state index >= 15 is 0 Å². The van der Waals surface area contributed by atoms with Gasteiger partial charge in [0, 0.05) is 5.69 Å². The van der Waals surface area contributed by atoms with Gasteiger partial charge in [0.15, 0.2) is 0 Å². The van der Waals surface area contributed by atoms with E-state index in [1.807, 2.05) is 20.8 Å². The van der Waals surface area contributed by atoms with E-state index in [4.69, 9.17) is 16.3 Å². The first-order valence-electron chi connectivity index (χ1n) is 5.34. The fraction of sp³-hybridized carbons (Fsp3) is 0.455. The van der Waals surface area contributed by atoms with E-state index in [0.29, 0.717) is 23.3 Å². The molecule has 0 unspecified atom stereocenters. The highest BCUT2D eigenvalue weighted by molar-refractivity contribution is 6.36. The van der Waals surface area contributed by atoms with Gasteiger partial charge >= 0.3 is 0 Å². The second kappa shape index (κ2) is 4.29. The first-order chi connectivity index (χ1) is 7.67. The lowest BCUT2D eigenvalue weighted by atomic mass is 10.3. The monoisotopic (exact) mass is 239 g/mol. The van der Waals surface area contributed by atoms with E-state index in [9.17, 15) is 0 Å². The van der Waals surface area contributed by atoms with Gasteiger partial charge in [-0.2, -0.15) is 4.98 Å². The van der Waals surface area contributed by atoms with Crippen molar-refractivity contribution >= 4 is 22.6 Å². The van der Waals surface area contributed by atoms with Crippen molar-refractivity contribution in [1.82, 2.24) is 15.0 Å². The highest BCUT2D eigenvalue weighted by Crippen LogP contribution is 2.32. The maximum absolute atomic E-state index is 6.26. The molecule has 0 fully saturated rings. The van der Waals surface area contributed by atoms with Crippen molar-refractivity contribution in [1.29, 1.82) is 0 Å². The summed E-state index contributed by atoms with van der Waals surface area (Å²) in [5, 5.41) is 1.45. The summed E-state index contributed by atoms with van der Waals surface area (Å²) in [4.78, 5) is 11.8. The van der Waals surface area contributed by atoms with Crippen LogP contribution in [0.15, 0.2) is 0 Å². The summed E-state index contributed by atoms with van der Waals surface area (Å²) >= 11 is 6.26. The molecule has 2 rings (SSSR count). The molecule has 0 aromatic carbocycles. The smallest absolute Gasteiger partial charge is 0.227 e. The molecule has 0 saturated carbocycles. The molecular formula is C11H14ClN3O. The first kappa shape index (κ1) is 11.2. The summed E-state index contributed by atoms with van der Waals surface area (Å²) in [6.45, 7) is 6.36. The number of nitrogens with zero attached hydrogens (tertiary/aromatic N) is 2. The molecule has 2 aromatic rings. The second-order valence-electron chi connectivity index (χ2n) is 3.50. The van der Waals surface area contributed by atoms with E-state index in [2.05, 4.69) is 15.0 Å². The fourth-order valence-corrected chi connectivity index (χ4v) is 2.02. The number of aryl methyl sites for hydroxylation is 2. The molecule has 16 heavy (non-hydrogen) atoms. The van der Waals surface area contributed by atoms with Gasteiger partial charge in [0.05, 0.1) is 17.0 Å². The van der Waals surface area contributed by atoms with Crippen LogP contribution < -0.4 is 4.74 Å². The van der Waals surface area contributed by atoms with E-state index < -0.39 is 0 Å². The molecule has 2 aromatic heterocycles. The van der Waals surface area contributed by atoms with Crippen LogP contribution in [0.2, 0.25) is 5.02 Å². The minimum atomic E-state index is 0.561. The molecule has 2 heterocycles. The number of aromatic nitrogens is 3. The van der Waals surface area contributed by atoms with E-state index in [0.717, 1.165) is 23.1 Å². The Morgan fingerprint density at radius 3 is 2.69 bits per heavy atom. The summed E-state index contributed by atoms with van der Waals surface area (Å²) in [5.41, 5.74) is 1.72. The minimum absolute atomic E-state index is 0.561. The highest BCUT2D eigenvalue weighted by Gasteiger charge is 2.16. The Bertz CT molecular complexity index is 521. The van der Waals surface area contributed by atoms with Crippen molar-refractivity contribution in [2.75, 3.05) is 6.61 Å². The van der Waals surface area contributed by atoms with Crippen molar-refractivity contribution in [3.05, 3.63) is 16.5 Å². The van der Waals surface area contributed by atoms with Gasteiger partial charge in [-0.25, -0.2) is 4.98 Å². The molecule has 0 bridgehead atoms. The number of ether oxygens (including phenoxy) is 1. The second-order valence-corrected chi connectivity index (χ2v) is 3.88.